The van der Waals surface area contributed by atoms with E-state index in [4.69, 9.17) is 5.73 Å². The highest BCUT2D eigenvalue weighted by molar-refractivity contribution is 5.50. The molecule has 0 radical (unpaired) electrons. The summed E-state index contributed by atoms with van der Waals surface area (Å²) < 4.78 is 0. The summed E-state index contributed by atoms with van der Waals surface area (Å²) in [5.41, 5.74) is 9.60. The van der Waals surface area contributed by atoms with E-state index in [0.717, 1.165) is 19.5 Å². The minimum atomic E-state index is 0.351. The number of aryl methyl sites for hydroxylation is 1. The molecule has 0 heterocycles. The van der Waals surface area contributed by atoms with Crippen LogP contribution in [-0.4, -0.2) is 13.1 Å². The van der Waals surface area contributed by atoms with Crippen molar-refractivity contribution in [3.63, 3.8) is 0 Å². The Morgan fingerprint density at radius 1 is 1.05 bits per heavy atom. The molecule has 0 aliphatic carbocycles. The maximum atomic E-state index is 5.70. The normalized spacial score (nSPS) is 12.2. The van der Waals surface area contributed by atoms with Crippen LogP contribution in [0.3, 0.4) is 0 Å². The predicted molar refractivity (Wildman–Crippen MR) is 87.1 cm³/mol. The summed E-state index contributed by atoms with van der Waals surface area (Å²) >= 11 is 0. The van der Waals surface area contributed by atoms with Gasteiger partial charge in [0.1, 0.15) is 0 Å². The quantitative estimate of drug-likeness (QED) is 0.860. The first kappa shape index (κ1) is 14.6. The van der Waals surface area contributed by atoms with Gasteiger partial charge in [0.05, 0.1) is 6.04 Å². The van der Waals surface area contributed by atoms with Crippen LogP contribution in [0.2, 0.25) is 0 Å². The van der Waals surface area contributed by atoms with Crippen LogP contribution in [0.25, 0.3) is 0 Å². The predicted octanol–water partition coefficient (Wildman–Crippen LogP) is 3.91. The lowest BCUT2D eigenvalue weighted by Crippen LogP contribution is -2.29. The SMILES string of the molecule is Cc1cccc(N(CCCN)C(C)c2ccccc2)c1. The maximum absolute atomic E-state index is 5.70. The van der Waals surface area contributed by atoms with E-state index < -0.39 is 0 Å². The Morgan fingerprint density at radius 3 is 2.45 bits per heavy atom. The second-order valence-corrected chi connectivity index (χ2v) is 5.26. The van der Waals surface area contributed by atoms with Crippen molar-refractivity contribution >= 4 is 5.69 Å². The molecule has 2 heteroatoms. The number of nitrogens with two attached hydrogens (primary N) is 1. The zero-order chi connectivity index (χ0) is 14.4. The van der Waals surface area contributed by atoms with Crippen LogP contribution >= 0.6 is 0 Å². The first-order valence-corrected chi connectivity index (χ1v) is 7.30. The lowest BCUT2D eigenvalue weighted by molar-refractivity contribution is 0.646. The van der Waals surface area contributed by atoms with Crippen molar-refractivity contribution < 1.29 is 0 Å². The van der Waals surface area contributed by atoms with Crippen LogP contribution in [0.5, 0.6) is 0 Å². The van der Waals surface area contributed by atoms with Gasteiger partial charge in [-0.15, -0.1) is 0 Å². The van der Waals surface area contributed by atoms with E-state index in [1.807, 2.05) is 0 Å². The Labute approximate surface area is 122 Å². The van der Waals surface area contributed by atoms with Gasteiger partial charge in [0, 0.05) is 12.2 Å². The van der Waals surface area contributed by atoms with Crippen LogP contribution in [0.15, 0.2) is 54.6 Å². The molecule has 2 aromatic carbocycles. The molecule has 20 heavy (non-hydrogen) atoms. The summed E-state index contributed by atoms with van der Waals surface area (Å²) in [6, 6.07) is 19.7. The monoisotopic (exact) mass is 268 g/mol. The summed E-state index contributed by atoms with van der Waals surface area (Å²) in [4.78, 5) is 2.44. The Balaban J connectivity index is 2.27. The van der Waals surface area contributed by atoms with E-state index in [2.05, 4.69) is 73.3 Å². The molecule has 0 saturated heterocycles. The van der Waals surface area contributed by atoms with Gasteiger partial charge in [0.2, 0.25) is 0 Å². The first-order valence-electron chi connectivity index (χ1n) is 7.30. The van der Waals surface area contributed by atoms with Crippen molar-refractivity contribution in [3.8, 4) is 0 Å². The van der Waals surface area contributed by atoms with Gasteiger partial charge in [-0.3, -0.25) is 0 Å². The molecule has 106 valence electrons. The molecule has 2 N–H and O–H groups in total. The van der Waals surface area contributed by atoms with Gasteiger partial charge in [-0.1, -0.05) is 42.5 Å². The average molecular weight is 268 g/mol. The largest absolute Gasteiger partial charge is 0.365 e. The Morgan fingerprint density at radius 2 is 1.80 bits per heavy atom. The van der Waals surface area contributed by atoms with Gasteiger partial charge in [-0.25, -0.2) is 0 Å². The average Bonchev–Trinajstić information content (AvgIpc) is 2.48. The fourth-order valence-electron chi connectivity index (χ4n) is 2.53. The highest BCUT2D eigenvalue weighted by Crippen LogP contribution is 2.27. The Bertz CT molecular complexity index is 522. The molecule has 0 fully saturated rings. The summed E-state index contributed by atoms with van der Waals surface area (Å²) in [6.07, 6.45) is 1.01. The van der Waals surface area contributed by atoms with Crippen molar-refractivity contribution in [1.82, 2.24) is 0 Å². The minimum Gasteiger partial charge on any atom is -0.365 e. The molecule has 0 aromatic heterocycles. The second-order valence-electron chi connectivity index (χ2n) is 5.26. The number of hydrogen-bond acceptors (Lipinski definition) is 2. The van der Waals surface area contributed by atoms with Crippen molar-refractivity contribution in [2.75, 3.05) is 18.0 Å². The number of rotatable bonds is 6. The van der Waals surface area contributed by atoms with Gasteiger partial charge in [0.25, 0.3) is 0 Å². The van der Waals surface area contributed by atoms with Crippen LogP contribution in [-0.2, 0) is 0 Å². The molecule has 1 atom stereocenters. The Hall–Kier alpha value is -1.80. The third kappa shape index (κ3) is 3.61. The van der Waals surface area contributed by atoms with Crippen molar-refractivity contribution in [3.05, 3.63) is 65.7 Å². The van der Waals surface area contributed by atoms with Crippen LogP contribution in [0.1, 0.15) is 30.5 Å². The van der Waals surface area contributed by atoms with E-state index >= 15 is 0 Å². The number of hydrogen-bond donors (Lipinski definition) is 1. The highest BCUT2D eigenvalue weighted by Gasteiger charge is 2.15. The number of benzene rings is 2. The van der Waals surface area contributed by atoms with Crippen molar-refractivity contribution in [2.45, 2.75) is 26.3 Å². The highest BCUT2D eigenvalue weighted by atomic mass is 15.2. The molecule has 2 rings (SSSR count). The summed E-state index contributed by atoms with van der Waals surface area (Å²) in [5.74, 6) is 0. The van der Waals surface area contributed by atoms with Gasteiger partial charge >= 0.3 is 0 Å². The summed E-state index contributed by atoms with van der Waals surface area (Å²) in [6.45, 7) is 6.10. The van der Waals surface area contributed by atoms with E-state index in [1.54, 1.807) is 0 Å². The molecular weight excluding hydrogens is 244 g/mol. The van der Waals surface area contributed by atoms with E-state index in [-0.39, 0.29) is 0 Å². The molecule has 2 nitrogen and oxygen atoms in total. The fraction of sp³-hybridized carbons (Fsp3) is 0.333. The molecule has 0 bridgehead atoms. The Kier molecular flexibility index (Phi) is 5.19. The molecule has 0 aliphatic rings. The summed E-state index contributed by atoms with van der Waals surface area (Å²) in [7, 11) is 0. The molecule has 0 spiro atoms. The number of nitrogens with zero attached hydrogens (tertiary/aromatic N) is 1. The lowest BCUT2D eigenvalue weighted by Gasteiger charge is -2.32. The minimum absolute atomic E-state index is 0.351. The molecule has 0 amide bonds. The summed E-state index contributed by atoms with van der Waals surface area (Å²) in [5, 5.41) is 0. The second kappa shape index (κ2) is 7.11. The zero-order valence-corrected chi connectivity index (χ0v) is 12.4. The van der Waals surface area contributed by atoms with Crippen LogP contribution in [0, 0.1) is 6.92 Å². The van der Waals surface area contributed by atoms with Gasteiger partial charge in [0.15, 0.2) is 0 Å². The lowest BCUT2D eigenvalue weighted by atomic mass is 10.1. The first-order chi connectivity index (χ1) is 9.72. The molecule has 2 aromatic rings. The molecule has 0 aliphatic heterocycles. The smallest absolute Gasteiger partial charge is 0.0514 e. The number of anilines is 1. The third-order valence-corrected chi connectivity index (χ3v) is 3.69. The van der Waals surface area contributed by atoms with Crippen molar-refractivity contribution in [1.29, 1.82) is 0 Å². The van der Waals surface area contributed by atoms with Gasteiger partial charge < -0.3 is 10.6 Å². The van der Waals surface area contributed by atoms with E-state index in [9.17, 15) is 0 Å². The van der Waals surface area contributed by atoms with Gasteiger partial charge in [-0.2, -0.15) is 0 Å². The molecular formula is C18H24N2. The third-order valence-electron chi connectivity index (χ3n) is 3.69. The van der Waals surface area contributed by atoms with Crippen molar-refractivity contribution in [2.24, 2.45) is 5.73 Å². The maximum Gasteiger partial charge on any atom is 0.0514 e. The fourth-order valence-corrected chi connectivity index (χ4v) is 2.53. The standard InChI is InChI=1S/C18H24N2/c1-15-8-6-11-18(14-15)20(13-7-12-19)16(2)17-9-4-3-5-10-17/h3-6,8-11,14,16H,7,12-13,19H2,1-2H3. The zero-order valence-electron chi connectivity index (χ0n) is 12.4. The van der Waals surface area contributed by atoms with Gasteiger partial charge in [-0.05, 0) is 50.1 Å². The van der Waals surface area contributed by atoms with E-state index in [0.29, 0.717) is 6.04 Å². The van der Waals surface area contributed by atoms with Crippen LogP contribution < -0.4 is 10.6 Å². The topological polar surface area (TPSA) is 29.3 Å². The van der Waals surface area contributed by atoms with E-state index in [1.165, 1.54) is 16.8 Å². The molecule has 0 saturated carbocycles. The van der Waals surface area contributed by atoms with Crippen LogP contribution in [0.4, 0.5) is 5.69 Å². The molecule has 1 unspecified atom stereocenters.